The van der Waals surface area contributed by atoms with Crippen LogP contribution in [-0.4, -0.2) is 32.7 Å². The Hall–Kier alpha value is -1.91. The largest absolute Gasteiger partial charge is 0.497 e. The van der Waals surface area contributed by atoms with E-state index < -0.39 is 0 Å². The number of hydrogen-bond donors (Lipinski definition) is 0. The first-order valence-electron chi connectivity index (χ1n) is 7.40. The second-order valence-electron chi connectivity index (χ2n) is 5.54. The van der Waals surface area contributed by atoms with Crippen molar-refractivity contribution >= 4 is 12.4 Å². The Morgan fingerprint density at radius 2 is 1.52 bits per heavy atom. The summed E-state index contributed by atoms with van der Waals surface area (Å²) < 4.78 is 16.7. The van der Waals surface area contributed by atoms with Crippen LogP contribution >= 0.6 is 12.4 Å². The molecule has 3 rings (SSSR count). The molecule has 5 heteroatoms. The van der Waals surface area contributed by atoms with Crippen molar-refractivity contribution in [2.45, 2.75) is 13.0 Å². The molecule has 0 spiro atoms. The van der Waals surface area contributed by atoms with E-state index in [1.165, 1.54) is 11.1 Å². The molecule has 0 atom stereocenters. The van der Waals surface area contributed by atoms with E-state index in [0.29, 0.717) is 0 Å². The van der Waals surface area contributed by atoms with Crippen molar-refractivity contribution in [3.05, 3.63) is 47.5 Å². The van der Waals surface area contributed by atoms with E-state index in [-0.39, 0.29) is 12.4 Å². The predicted molar refractivity (Wildman–Crippen MR) is 93.3 cm³/mol. The number of fused-ring (bicyclic) bond motifs is 1. The molecule has 124 valence electrons. The zero-order valence-electron chi connectivity index (χ0n) is 13.7. The highest BCUT2D eigenvalue weighted by Crippen LogP contribution is 2.36. The van der Waals surface area contributed by atoms with Gasteiger partial charge in [-0.25, -0.2) is 0 Å². The first kappa shape index (κ1) is 17.4. The monoisotopic (exact) mass is 335 g/mol. The Morgan fingerprint density at radius 1 is 0.870 bits per heavy atom. The molecule has 0 unspecified atom stereocenters. The molecule has 0 amide bonds. The highest BCUT2D eigenvalue weighted by Gasteiger charge is 2.17. The Balaban J connectivity index is 0.00000192. The molecule has 4 nitrogen and oxygen atoms in total. The van der Waals surface area contributed by atoms with Crippen molar-refractivity contribution in [1.29, 1.82) is 0 Å². The molecule has 0 bridgehead atoms. The van der Waals surface area contributed by atoms with Crippen molar-refractivity contribution in [3.63, 3.8) is 0 Å². The lowest BCUT2D eigenvalue weighted by atomic mass is 9.99. The molecule has 0 aromatic heterocycles. The van der Waals surface area contributed by atoms with Crippen LogP contribution in [0.4, 0.5) is 0 Å². The fourth-order valence-corrected chi connectivity index (χ4v) is 2.72. The van der Waals surface area contributed by atoms with E-state index in [1.807, 2.05) is 24.3 Å². The molecule has 2 aromatic carbocycles. The van der Waals surface area contributed by atoms with Crippen molar-refractivity contribution in [2.75, 3.05) is 27.8 Å². The van der Waals surface area contributed by atoms with Crippen molar-refractivity contribution in [2.24, 2.45) is 0 Å². The summed E-state index contributed by atoms with van der Waals surface area (Å²) in [6.07, 6.45) is 1.05. The lowest BCUT2D eigenvalue weighted by molar-refractivity contribution is 0.309. The van der Waals surface area contributed by atoms with E-state index >= 15 is 0 Å². The standard InChI is InChI=1S/C18H21NO3.ClH/c1-19-9-8-13-10-17(21-3)18(11-14(13)12-19)22-16-6-4-15(20-2)5-7-16;/h4-7,10-11H,8-9,12H2,1-3H3;1H. The molecule has 0 aliphatic carbocycles. The van der Waals surface area contributed by atoms with Crippen LogP contribution in [0.15, 0.2) is 36.4 Å². The maximum atomic E-state index is 6.00. The molecule has 0 fully saturated rings. The lowest BCUT2D eigenvalue weighted by Crippen LogP contribution is -2.26. The summed E-state index contributed by atoms with van der Waals surface area (Å²) in [7, 11) is 5.47. The third-order valence-electron chi connectivity index (χ3n) is 3.98. The molecule has 1 heterocycles. The Bertz CT molecular complexity index is 658. The zero-order chi connectivity index (χ0) is 15.5. The van der Waals surface area contributed by atoms with Gasteiger partial charge in [-0.3, -0.25) is 0 Å². The number of nitrogens with zero attached hydrogens (tertiary/aromatic N) is 1. The quantitative estimate of drug-likeness (QED) is 0.847. The third-order valence-corrected chi connectivity index (χ3v) is 3.98. The maximum absolute atomic E-state index is 6.00. The maximum Gasteiger partial charge on any atom is 0.169 e. The van der Waals surface area contributed by atoms with Crippen LogP contribution in [0.2, 0.25) is 0 Å². The van der Waals surface area contributed by atoms with E-state index in [1.54, 1.807) is 14.2 Å². The minimum atomic E-state index is 0. The van der Waals surface area contributed by atoms with Gasteiger partial charge in [-0.1, -0.05) is 0 Å². The Morgan fingerprint density at radius 3 is 2.17 bits per heavy atom. The summed E-state index contributed by atoms with van der Waals surface area (Å²) in [6, 6.07) is 11.7. The highest BCUT2D eigenvalue weighted by molar-refractivity contribution is 5.85. The van der Waals surface area contributed by atoms with Crippen molar-refractivity contribution in [3.8, 4) is 23.0 Å². The molecule has 0 N–H and O–H groups in total. The molecule has 23 heavy (non-hydrogen) atoms. The van der Waals surface area contributed by atoms with Gasteiger partial charge in [0.1, 0.15) is 11.5 Å². The average Bonchev–Trinajstić information content (AvgIpc) is 2.55. The first-order valence-corrected chi connectivity index (χ1v) is 7.40. The van der Waals surface area contributed by atoms with Gasteiger partial charge in [0.05, 0.1) is 14.2 Å². The van der Waals surface area contributed by atoms with Crippen LogP contribution in [0.5, 0.6) is 23.0 Å². The third kappa shape index (κ3) is 3.89. The van der Waals surface area contributed by atoms with Crippen LogP contribution in [0.1, 0.15) is 11.1 Å². The molecule has 2 aromatic rings. The predicted octanol–water partition coefficient (Wildman–Crippen LogP) is 3.91. The fraction of sp³-hybridized carbons (Fsp3) is 0.333. The van der Waals surface area contributed by atoms with Gasteiger partial charge in [-0.05, 0) is 61.0 Å². The summed E-state index contributed by atoms with van der Waals surface area (Å²) in [5, 5.41) is 0. The summed E-state index contributed by atoms with van der Waals surface area (Å²) in [5.41, 5.74) is 2.65. The van der Waals surface area contributed by atoms with Gasteiger partial charge in [0.2, 0.25) is 0 Å². The summed E-state index contributed by atoms with van der Waals surface area (Å²) in [6.45, 7) is 2.02. The summed E-state index contributed by atoms with van der Waals surface area (Å²) >= 11 is 0. The van der Waals surface area contributed by atoms with Gasteiger partial charge in [0.15, 0.2) is 11.5 Å². The van der Waals surface area contributed by atoms with Gasteiger partial charge in [0, 0.05) is 13.1 Å². The normalized spacial score (nSPS) is 13.7. The van der Waals surface area contributed by atoms with E-state index in [4.69, 9.17) is 14.2 Å². The summed E-state index contributed by atoms with van der Waals surface area (Å²) in [4.78, 5) is 2.31. The molecule has 0 radical (unpaired) electrons. The van der Waals surface area contributed by atoms with Gasteiger partial charge in [0.25, 0.3) is 0 Å². The molecule has 1 aliphatic rings. The van der Waals surface area contributed by atoms with Crippen LogP contribution in [0.25, 0.3) is 0 Å². The van der Waals surface area contributed by atoms with E-state index in [0.717, 1.165) is 42.5 Å². The smallest absolute Gasteiger partial charge is 0.169 e. The number of hydrogen-bond acceptors (Lipinski definition) is 4. The Labute approximate surface area is 143 Å². The SMILES string of the molecule is COc1ccc(Oc2cc3c(cc2OC)CCN(C)C3)cc1.Cl. The molecular weight excluding hydrogens is 314 g/mol. The minimum Gasteiger partial charge on any atom is -0.497 e. The highest BCUT2D eigenvalue weighted by atomic mass is 35.5. The minimum absolute atomic E-state index is 0. The second kappa shape index (κ2) is 7.57. The first-order chi connectivity index (χ1) is 10.7. The van der Waals surface area contributed by atoms with Gasteiger partial charge in [-0.15, -0.1) is 12.4 Å². The van der Waals surface area contributed by atoms with Crippen LogP contribution < -0.4 is 14.2 Å². The van der Waals surface area contributed by atoms with Crippen molar-refractivity contribution in [1.82, 2.24) is 4.90 Å². The number of halogens is 1. The number of methoxy groups -OCH3 is 2. The average molecular weight is 336 g/mol. The lowest BCUT2D eigenvalue weighted by Gasteiger charge is -2.26. The topological polar surface area (TPSA) is 30.9 Å². The second-order valence-corrected chi connectivity index (χ2v) is 5.54. The van der Waals surface area contributed by atoms with Gasteiger partial charge in [-0.2, -0.15) is 0 Å². The van der Waals surface area contributed by atoms with E-state index in [9.17, 15) is 0 Å². The number of benzene rings is 2. The fourth-order valence-electron chi connectivity index (χ4n) is 2.72. The number of rotatable bonds is 4. The van der Waals surface area contributed by atoms with Crippen LogP contribution in [-0.2, 0) is 13.0 Å². The van der Waals surface area contributed by atoms with Gasteiger partial charge < -0.3 is 19.1 Å². The van der Waals surface area contributed by atoms with Crippen LogP contribution in [0.3, 0.4) is 0 Å². The van der Waals surface area contributed by atoms with Gasteiger partial charge >= 0.3 is 0 Å². The van der Waals surface area contributed by atoms with Crippen LogP contribution in [0, 0.1) is 0 Å². The zero-order valence-corrected chi connectivity index (χ0v) is 14.5. The van der Waals surface area contributed by atoms with Crippen molar-refractivity contribution < 1.29 is 14.2 Å². The number of ether oxygens (including phenoxy) is 3. The molecular formula is C18H22ClNO3. The summed E-state index contributed by atoms with van der Waals surface area (Å²) in [5.74, 6) is 3.11. The Kier molecular flexibility index (Phi) is 5.74. The van der Waals surface area contributed by atoms with E-state index in [2.05, 4.69) is 24.1 Å². The number of likely N-dealkylation sites (N-methyl/N-ethyl adjacent to an activating group) is 1. The molecule has 0 saturated heterocycles. The molecule has 0 saturated carbocycles. The molecule has 1 aliphatic heterocycles.